The molecule has 1 fully saturated rings. The molecule has 0 saturated carbocycles. The summed E-state index contributed by atoms with van der Waals surface area (Å²) in [5, 5.41) is 0.547. The molecule has 0 radical (unpaired) electrons. The Kier molecular flexibility index (Phi) is 3.75. The number of carbonyl (C=O) groups is 1. The molecule has 1 nitrogen and oxygen atoms in total. The molecule has 1 aliphatic heterocycles. The Morgan fingerprint density at radius 1 is 1.53 bits per heavy atom. The second-order valence-corrected chi connectivity index (χ2v) is 5.93. The van der Waals surface area contributed by atoms with Gasteiger partial charge in [-0.1, -0.05) is 17.7 Å². The molecule has 1 saturated heterocycles. The minimum atomic E-state index is 0.145. The molecule has 1 aromatic carbocycles. The van der Waals surface area contributed by atoms with Gasteiger partial charge in [0.05, 0.1) is 10.6 Å². The van der Waals surface area contributed by atoms with Crippen LogP contribution in [0.5, 0.6) is 0 Å². The molecule has 1 aromatic rings. The predicted molar refractivity (Wildman–Crippen MR) is 68.9 cm³/mol. The van der Waals surface area contributed by atoms with Crippen molar-refractivity contribution in [3.05, 3.63) is 33.3 Å². The van der Waals surface area contributed by atoms with Gasteiger partial charge in [0, 0.05) is 16.1 Å². The SMILES string of the molecule is O=C(c1c(Cl)cccc1Br)C1CCSC1. The van der Waals surface area contributed by atoms with Crippen molar-refractivity contribution in [2.45, 2.75) is 6.42 Å². The van der Waals surface area contributed by atoms with Crippen molar-refractivity contribution in [1.29, 1.82) is 0 Å². The predicted octanol–water partition coefficient (Wildman–Crippen LogP) is 4.04. The first-order valence-electron chi connectivity index (χ1n) is 4.76. The lowest BCUT2D eigenvalue weighted by Gasteiger charge is -2.10. The zero-order valence-corrected chi connectivity index (χ0v) is 11.2. The summed E-state index contributed by atoms with van der Waals surface area (Å²) in [5.74, 6) is 2.33. The minimum Gasteiger partial charge on any atom is -0.294 e. The van der Waals surface area contributed by atoms with Gasteiger partial charge in [0.2, 0.25) is 0 Å². The van der Waals surface area contributed by atoms with Crippen LogP contribution in [0, 0.1) is 5.92 Å². The van der Waals surface area contributed by atoms with Gasteiger partial charge in [-0.2, -0.15) is 11.8 Å². The Hall–Kier alpha value is 0.01000. The zero-order chi connectivity index (χ0) is 10.8. The average molecular weight is 306 g/mol. The van der Waals surface area contributed by atoms with E-state index in [4.69, 9.17) is 11.6 Å². The Labute approximate surface area is 107 Å². The van der Waals surface area contributed by atoms with E-state index in [2.05, 4.69) is 15.9 Å². The molecule has 15 heavy (non-hydrogen) atoms. The number of rotatable bonds is 2. The van der Waals surface area contributed by atoms with E-state index in [1.807, 2.05) is 23.9 Å². The van der Waals surface area contributed by atoms with Crippen molar-refractivity contribution in [2.24, 2.45) is 5.92 Å². The zero-order valence-electron chi connectivity index (χ0n) is 8.00. The van der Waals surface area contributed by atoms with Crippen LogP contribution in [0.4, 0.5) is 0 Å². The molecule has 0 aromatic heterocycles. The first-order chi connectivity index (χ1) is 7.20. The molecule has 1 unspecified atom stereocenters. The summed E-state index contributed by atoms with van der Waals surface area (Å²) in [4.78, 5) is 12.2. The highest BCUT2D eigenvalue weighted by molar-refractivity contribution is 9.10. The van der Waals surface area contributed by atoms with E-state index in [9.17, 15) is 4.79 Å². The van der Waals surface area contributed by atoms with Gasteiger partial charge in [-0.05, 0) is 40.2 Å². The normalized spacial score (nSPS) is 20.5. The number of carbonyl (C=O) groups excluding carboxylic acids is 1. The Morgan fingerprint density at radius 2 is 2.33 bits per heavy atom. The summed E-state index contributed by atoms with van der Waals surface area (Å²) in [6.45, 7) is 0. The fourth-order valence-electron chi connectivity index (χ4n) is 1.68. The van der Waals surface area contributed by atoms with E-state index in [0.29, 0.717) is 10.6 Å². The van der Waals surface area contributed by atoms with Crippen LogP contribution in [-0.2, 0) is 0 Å². The van der Waals surface area contributed by atoms with E-state index in [1.165, 1.54) is 0 Å². The molecule has 0 spiro atoms. The monoisotopic (exact) mass is 304 g/mol. The maximum absolute atomic E-state index is 12.2. The van der Waals surface area contributed by atoms with Gasteiger partial charge in [-0.15, -0.1) is 0 Å². The lowest BCUT2D eigenvalue weighted by molar-refractivity contribution is 0.0933. The third kappa shape index (κ3) is 2.40. The summed E-state index contributed by atoms with van der Waals surface area (Å²) in [5.41, 5.74) is 0.645. The number of benzene rings is 1. The fraction of sp³-hybridized carbons (Fsp3) is 0.364. The van der Waals surface area contributed by atoms with E-state index in [0.717, 1.165) is 22.4 Å². The number of hydrogen-bond acceptors (Lipinski definition) is 2. The van der Waals surface area contributed by atoms with Crippen LogP contribution in [0.1, 0.15) is 16.8 Å². The molecule has 2 rings (SSSR count). The van der Waals surface area contributed by atoms with Crippen molar-refractivity contribution >= 4 is 45.1 Å². The van der Waals surface area contributed by atoms with E-state index in [1.54, 1.807) is 6.07 Å². The Balaban J connectivity index is 2.32. The maximum Gasteiger partial charge on any atom is 0.169 e. The van der Waals surface area contributed by atoms with Gasteiger partial charge >= 0.3 is 0 Å². The molecule has 0 aliphatic carbocycles. The third-order valence-corrected chi connectivity index (χ3v) is 4.65. The van der Waals surface area contributed by atoms with Crippen molar-refractivity contribution < 1.29 is 4.79 Å². The van der Waals surface area contributed by atoms with Gasteiger partial charge in [0.1, 0.15) is 0 Å². The first kappa shape index (κ1) is 11.5. The Bertz CT molecular complexity index is 368. The standard InChI is InChI=1S/C11H10BrClOS/c12-8-2-1-3-9(13)10(8)11(14)7-4-5-15-6-7/h1-3,7H,4-6H2. The molecule has 4 heteroatoms. The first-order valence-corrected chi connectivity index (χ1v) is 7.08. The quantitative estimate of drug-likeness (QED) is 0.767. The molecule has 0 N–H and O–H groups in total. The number of ketones is 1. The molecular formula is C11H10BrClOS. The topological polar surface area (TPSA) is 17.1 Å². The second-order valence-electron chi connectivity index (χ2n) is 3.52. The van der Waals surface area contributed by atoms with Gasteiger partial charge in [0.15, 0.2) is 5.78 Å². The molecular weight excluding hydrogens is 296 g/mol. The van der Waals surface area contributed by atoms with Crippen LogP contribution < -0.4 is 0 Å². The lowest BCUT2D eigenvalue weighted by Crippen LogP contribution is -2.14. The van der Waals surface area contributed by atoms with Gasteiger partial charge < -0.3 is 0 Å². The van der Waals surface area contributed by atoms with Crippen molar-refractivity contribution in [1.82, 2.24) is 0 Å². The van der Waals surface area contributed by atoms with Crippen LogP contribution >= 0.6 is 39.3 Å². The van der Waals surface area contributed by atoms with E-state index >= 15 is 0 Å². The largest absolute Gasteiger partial charge is 0.294 e. The smallest absolute Gasteiger partial charge is 0.169 e. The molecule has 0 bridgehead atoms. The van der Waals surface area contributed by atoms with Crippen LogP contribution in [0.15, 0.2) is 22.7 Å². The van der Waals surface area contributed by atoms with Crippen LogP contribution in [0.2, 0.25) is 5.02 Å². The summed E-state index contributed by atoms with van der Waals surface area (Å²) in [6.07, 6.45) is 0.973. The van der Waals surface area contributed by atoms with E-state index < -0.39 is 0 Å². The number of Topliss-reactive ketones (excluding diaryl/α,β-unsaturated/α-hetero) is 1. The number of halogens is 2. The number of hydrogen-bond donors (Lipinski definition) is 0. The molecule has 80 valence electrons. The van der Waals surface area contributed by atoms with Crippen molar-refractivity contribution in [3.8, 4) is 0 Å². The maximum atomic E-state index is 12.2. The third-order valence-electron chi connectivity index (χ3n) is 2.51. The summed E-state index contributed by atoms with van der Waals surface area (Å²) in [6, 6.07) is 5.47. The number of thioether (sulfide) groups is 1. The van der Waals surface area contributed by atoms with Gasteiger partial charge in [0.25, 0.3) is 0 Å². The summed E-state index contributed by atoms with van der Waals surface area (Å²) < 4.78 is 0.803. The Morgan fingerprint density at radius 3 is 2.93 bits per heavy atom. The molecule has 1 heterocycles. The highest BCUT2D eigenvalue weighted by Gasteiger charge is 2.27. The van der Waals surface area contributed by atoms with Gasteiger partial charge in [-0.25, -0.2) is 0 Å². The second kappa shape index (κ2) is 4.89. The fourth-order valence-corrected chi connectivity index (χ4v) is 3.84. The molecule has 1 atom stereocenters. The van der Waals surface area contributed by atoms with Crippen LogP contribution in [-0.4, -0.2) is 17.3 Å². The molecule has 0 amide bonds. The van der Waals surface area contributed by atoms with Crippen molar-refractivity contribution in [2.75, 3.05) is 11.5 Å². The van der Waals surface area contributed by atoms with Crippen LogP contribution in [0.25, 0.3) is 0 Å². The summed E-state index contributed by atoms with van der Waals surface area (Å²) in [7, 11) is 0. The van der Waals surface area contributed by atoms with E-state index in [-0.39, 0.29) is 11.7 Å². The van der Waals surface area contributed by atoms with Gasteiger partial charge in [-0.3, -0.25) is 4.79 Å². The minimum absolute atomic E-state index is 0.145. The molecule has 1 aliphatic rings. The average Bonchev–Trinajstić information content (AvgIpc) is 2.69. The van der Waals surface area contributed by atoms with Crippen LogP contribution in [0.3, 0.4) is 0 Å². The summed E-state index contributed by atoms with van der Waals surface area (Å²) >= 11 is 11.3. The van der Waals surface area contributed by atoms with Crippen molar-refractivity contribution in [3.63, 3.8) is 0 Å². The lowest BCUT2D eigenvalue weighted by atomic mass is 9.97. The highest BCUT2D eigenvalue weighted by Crippen LogP contribution is 2.32. The highest BCUT2D eigenvalue weighted by atomic mass is 79.9.